The minimum Gasteiger partial charge on any atom is -0.495 e. The summed E-state index contributed by atoms with van der Waals surface area (Å²) in [5.41, 5.74) is 1.80. The minimum atomic E-state index is -0.287. The van der Waals surface area contributed by atoms with Crippen molar-refractivity contribution in [1.29, 1.82) is 0 Å². The molecule has 0 saturated carbocycles. The predicted molar refractivity (Wildman–Crippen MR) is 98.5 cm³/mol. The Labute approximate surface area is 152 Å². The number of nitrogens with one attached hydrogen (secondary N) is 2. The number of fused-ring (bicyclic) bond motifs is 1. The van der Waals surface area contributed by atoms with E-state index in [-0.39, 0.29) is 5.91 Å². The van der Waals surface area contributed by atoms with Crippen LogP contribution in [0.2, 0.25) is 5.02 Å². The first-order valence-corrected chi connectivity index (χ1v) is 8.20. The number of methoxy groups -OCH3 is 2. The molecule has 1 amide bonds. The Bertz CT molecular complexity index is 924. The van der Waals surface area contributed by atoms with Gasteiger partial charge in [0.15, 0.2) is 0 Å². The lowest BCUT2D eigenvalue weighted by atomic mass is 10.2. The molecule has 2 N–H and O–H groups in total. The van der Waals surface area contributed by atoms with E-state index in [2.05, 4.69) is 26.2 Å². The number of aromatic nitrogens is 1. The van der Waals surface area contributed by atoms with Gasteiger partial charge in [-0.05, 0) is 24.3 Å². The lowest BCUT2D eigenvalue weighted by molar-refractivity contribution is 0.102. The quantitative estimate of drug-likeness (QED) is 0.647. The van der Waals surface area contributed by atoms with Crippen molar-refractivity contribution in [2.75, 3.05) is 19.5 Å². The van der Waals surface area contributed by atoms with Gasteiger partial charge in [0.25, 0.3) is 5.91 Å². The molecule has 1 aromatic heterocycles. The monoisotopic (exact) mass is 408 g/mol. The van der Waals surface area contributed by atoms with Crippen molar-refractivity contribution in [2.45, 2.75) is 0 Å². The smallest absolute Gasteiger partial charge is 0.272 e. The number of halogens is 2. The molecule has 0 unspecified atom stereocenters. The molecule has 0 fully saturated rings. The van der Waals surface area contributed by atoms with Gasteiger partial charge in [0.2, 0.25) is 0 Å². The standard InChI is InChI=1S/C17H14BrClN2O3/c1-23-15-8-13(16(24-2)7-11(15)19)21-17(22)14-6-9-5-10(18)3-4-12(9)20-14/h3-8,20H,1-2H3,(H,21,22). The Morgan fingerprint density at radius 2 is 1.88 bits per heavy atom. The van der Waals surface area contributed by atoms with Gasteiger partial charge in [-0.1, -0.05) is 27.5 Å². The van der Waals surface area contributed by atoms with E-state index in [1.807, 2.05) is 18.2 Å². The summed E-state index contributed by atoms with van der Waals surface area (Å²) < 4.78 is 11.4. The summed E-state index contributed by atoms with van der Waals surface area (Å²) in [6.07, 6.45) is 0. The maximum absolute atomic E-state index is 12.5. The first kappa shape index (κ1) is 16.7. The zero-order chi connectivity index (χ0) is 17.3. The van der Waals surface area contributed by atoms with Gasteiger partial charge in [-0.2, -0.15) is 0 Å². The lowest BCUT2D eigenvalue weighted by Crippen LogP contribution is -2.13. The highest BCUT2D eigenvalue weighted by molar-refractivity contribution is 9.10. The molecule has 3 aromatic rings. The molecule has 0 spiro atoms. The van der Waals surface area contributed by atoms with Crippen LogP contribution in [0.1, 0.15) is 10.5 Å². The fourth-order valence-electron chi connectivity index (χ4n) is 2.37. The third kappa shape index (κ3) is 3.20. The van der Waals surface area contributed by atoms with Gasteiger partial charge in [0.1, 0.15) is 17.2 Å². The van der Waals surface area contributed by atoms with Crippen molar-refractivity contribution in [3.63, 3.8) is 0 Å². The van der Waals surface area contributed by atoms with Gasteiger partial charge >= 0.3 is 0 Å². The molecular weight excluding hydrogens is 396 g/mol. The molecule has 5 nitrogen and oxygen atoms in total. The molecule has 0 aliphatic carbocycles. The number of anilines is 1. The second-order valence-electron chi connectivity index (χ2n) is 5.06. The maximum atomic E-state index is 12.5. The van der Waals surface area contributed by atoms with E-state index in [1.165, 1.54) is 14.2 Å². The number of carbonyl (C=O) groups is 1. The van der Waals surface area contributed by atoms with Crippen molar-refractivity contribution in [3.8, 4) is 11.5 Å². The van der Waals surface area contributed by atoms with E-state index >= 15 is 0 Å². The van der Waals surface area contributed by atoms with Gasteiger partial charge in [0, 0.05) is 27.5 Å². The molecule has 3 rings (SSSR count). The van der Waals surface area contributed by atoms with Gasteiger partial charge < -0.3 is 19.8 Å². The molecule has 124 valence electrons. The van der Waals surface area contributed by atoms with Crippen LogP contribution in [-0.2, 0) is 0 Å². The molecule has 0 radical (unpaired) electrons. The van der Waals surface area contributed by atoms with E-state index in [4.69, 9.17) is 21.1 Å². The third-order valence-corrected chi connectivity index (χ3v) is 4.34. The molecule has 7 heteroatoms. The molecule has 1 heterocycles. The first-order chi connectivity index (χ1) is 11.5. The summed E-state index contributed by atoms with van der Waals surface area (Å²) in [6, 6.07) is 10.8. The van der Waals surface area contributed by atoms with Gasteiger partial charge in [-0.3, -0.25) is 4.79 Å². The Hall–Kier alpha value is -2.18. The van der Waals surface area contributed by atoms with E-state index in [9.17, 15) is 4.79 Å². The molecular formula is C17H14BrClN2O3. The average Bonchev–Trinajstić information content (AvgIpc) is 2.99. The number of hydrogen-bond acceptors (Lipinski definition) is 3. The number of aromatic amines is 1. The molecule has 2 aromatic carbocycles. The molecule has 0 aliphatic rings. The molecule has 0 bridgehead atoms. The average molecular weight is 410 g/mol. The van der Waals surface area contributed by atoms with E-state index in [1.54, 1.807) is 18.2 Å². The van der Waals surface area contributed by atoms with Crippen molar-refractivity contribution in [1.82, 2.24) is 4.98 Å². The number of rotatable bonds is 4. The lowest BCUT2D eigenvalue weighted by Gasteiger charge is -2.12. The summed E-state index contributed by atoms with van der Waals surface area (Å²) in [6.45, 7) is 0. The van der Waals surface area contributed by atoms with Gasteiger partial charge in [-0.15, -0.1) is 0 Å². The van der Waals surface area contributed by atoms with Gasteiger partial charge in [-0.25, -0.2) is 0 Å². The van der Waals surface area contributed by atoms with Crippen molar-refractivity contribution < 1.29 is 14.3 Å². The van der Waals surface area contributed by atoms with Crippen LogP contribution in [0.25, 0.3) is 10.9 Å². The topological polar surface area (TPSA) is 63.3 Å². The Morgan fingerprint density at radius 3 is 2.58 bits per heavy atom. The highest BCUT2D eigenvalue weighted by Gasteiger charge is 2.15. The van der Waals surface area contributed by atoms with Crippen molar-refractivity contribution in [2.24, 2.45) is 0 Å². The predicted octanol–water partition coefficient (Wildman–Crippen LogP) is 4.85. The fourth-order valence-corrected chi connectivity index (χ4v) is 2.98. The number of hydrogen-bond donors (Lipinski definition) is 2. The van der Waals surface area contributed by atoms with Crippen LogP contribution in [0.4, 0.5) is 5.69 Å². The van der Waals surface area contributed by atoms with Crippen LogP contribution in [0, 0.1) is 0 Å². The van der Waals surface area contributed by atoms with Crippen molar-refractivity contribution in [3.05, 3.63) is 51.6 Å². The summed E-state index contributed by atoms with van der Waals surface area (Å²) in [4.78, 5) is 15.6. The SMILES string of the molecule is COc1cc(NC(=O)c2cc3cc(Br)ccc3[nH]2)c(OC)cc1Cl. The van der Waals surface area contributed by atoms with Crippen LogP contribution < -0.4 is 14.8 Å². The Kier molecular flexibility index (Phi) is 4.69. The number of carbonyl (C=O) groups excluding carboxylic acids is 1. The minimum absolute atomic E-state index is 0.287. The summed E-state index contributed by atoms with van der Waals surface area (Å²) in [7, 11) is 3.02. The van der Waals surface area contributed by atoms with E-state index in [0.717, 1.165) is 15.4 Å². The zero-order valence-corrected chi connectivity index (χ0v) is 15.3. The van der Waals surface area contributed by atoms with Crippen LogP contribution in [0.5, 0.6) is 11.5 Å². The second-order valence-corrected chi connectivity index (χ2v) is 6.38. The third-order valence-electron chi connectivity index (χ3n) is 3.55. The number of H-pyrrole nitrogens is 1. The molecule has 24 heavy (non-hydrogen) atoms. The molecule has 0 atom stereocenters. The highest BCUT2D eigenvalue weighted by atomic mass is 79.9. The van der Waals surface area contributed by atoms with Crippen LogP contribution >= 0.6 is 27.5 Å². The van der Waals surface area contributed by atoms with Gasteiger partial charge in [0.05, 0.1) is 24.9 Å². The Balaban J connectivity index is 1.93. The number of benzene rings is 2. The number of amides is 1. The second kappa shape index (κ2) is 6.75. The number of ether oxygens (including phenoxy) is 2. The van der Waals surface area contributed by atoms with Crippen LogP contribution in [0.15, 0.2) is 40.9 Å². The summed E-state index contributed by atoms with van der Waals surface area (Å²) >= 11 is 9.49. The van der Waals surface area contributed by atoms with Crippen molar-refractivity contribution >= 4 is 50.0 Å². The molecule has 0 aliphatic heterocycles. The van der Waals surface area contributed by atoms with E-state index < -0.39 is 0 Å². The first-order valence-electron chi connectivity index (χ1n) is 7.03. The van der Waals surface area contributed by atoms with Crippen LogP contribution in [-0.4, -0.2) is 25.1 Å². The Morgan fingerprint density at radius 1 is 1.12 bits per heavy atom. The summed E-state index contributed by atoms with van der Waals surface area (Å²) in [5.74, 6) is 0.617. The van der Waals surface area contributed by atoms with Crippen LogP contribution in [0.3, 0.4) is 0 Å². The highest BCUT2D eigenvalue weighted by Crippen LogP contribution is 2.36. The zero-order valence-electron chi connectivity index (χ0n) is 12.9. The maximum Gasteiger partial charge on any atom is 0.272 e. The normalized spacial score (nSPS) is 10.7. The fraction of sp³-hybridized carbons (Fsp3) is 0.118. The largest absolute Gasteiger partial charge is 0.495 e. The summed E-state index contributed by atoms with van der Waals surface area (Å²) in [5, 5.41) is 4.16. The van der Waals surface area contributed by atoms with E-state index in [0.29, 0.717) is 27.9 Å². The molecule has 0 saturated heterocycles.